The molecule has 0 radical (unpaired) electrons. The van der Waals surface area contributed by atoms with Crippen LogP contribution < -0.4 is 5.32 Å². The fraction of sp³-hybridized carbons (Fsp3) is 0.0500. The van der Waals surface area contributed by atoms with Gasteiger partial charge in [-0.2, -0.15) is 5.10 Å². The molecule has 1 N–H and O–H groups in total. The zero-order valence-electron chi connectivity index (χ0n) is 14.3. The molecule has 0 aliphatic rings. The largest absolute Gasteiger partial charge is 0.312 e. The summed E-state index contributed by atoms with van der Waals surface area (Å²) in [6.07, 6.45) is 5.45. The summed E-state index contributed by atoms with van der Waals surface area (Å²) in [6.45, 7) is 0.551. The van der Waals surface area contributed by atoms with Gasteiger partial charge in [0.25, 0.3) is 5.91 Å². The summed E-state index contributed by atoms with van der Waals surface area (Å²) in [4.78, 5) is 17.0. The summed E-state index contributed by atoms with van der Waals surface area (Å²) in [7, 11) is 0. The van der Waals surface area contributed by atoms with Gasteiger partial charge < -0.3 is 9.88 Å². The minimum Gasteiger partial charge on any atom is -0.312 e. The number of hydrogen-bond donors (Lipinski definition) is 1. The van der Waals surface area contributed by atoms with E-state index in [4.69, 9.17) is 0 Å². The molecule has 0 saturated heterocycles. The Hall–Kier alpha value is -2.94. The van der Waals surface area contributed by atoms with Crippen molar-refractivity contribution in [1.82, 2.24) is 19.3 Å². The van der Waals surface area contributed by atoms with Gasteiger partial charge in [0.05, 0.1) is 12.2 Å². The van der Waals surface area contributed by atoms with Crippen LogP contribution in [0.1, 0.15) is 16.2 Å². The van der Waals surface area contributed by atoms with E-state index >= 15 is 0 Å². The number of anilines is 1. The molecule has 0 fully saturated rings. The maximum absolute atomic E-state index is 12.7. The molecule has 3 aromatic heterocycles. The van der Waals surface area contributed by atoms with Crippen LogP contribution >= 0.6 is 22.6 Å². The van der Waals surface area contributed by atoms with E-state index < -0.39 is 0 Å². The standard InChI is InChI=1S/C20H16IN5O/c21-15-5-3-7-17(13-15)26-11-4-8-18(26)20(27)23-19-9-12-25(24-19)14-16-6-1-2-10-22-16/h1-13H,14H2,(H,23,24,27). The summed E-state index contributed by atoms with van der Waals surface area (Å²) in [5.74, 6) is 0.299. The van der Waals surface area contributed by atoms with Gasteiger partial charge in [-0.25, -0.2) is 0 Å². The van der Waals surface area contributed by atoms with Gasteiger partial charge in [-0.1, -0.05) is 12.1 Å². The first-order valence-electron chi connectivity index (χ1n) is 8.37. The average Bonchev–Trinajstić information content (AvgIpc) is 3.32. The SMILES string of the molecule is O=C(Nc1ccn(Cc2ccccn2)n1)c1cccn1-c1cccc(I)c1. The van der Waals surface area contributed by atoms with Crippen LogP contribution in [0.4, 0.5) is 5.82 Å². The zero-order valence-corrected chi connectivity index (χ0v) is 16.4. The molecule has 1 amide bonds. The number of halogens is 1. The fourth-order valence-corrected chi connectivity index (χ4v) is 3.30. The van der Waals surface area contributed by atoms with Crippen molar-refractivity contribution in [2.24, 2.45) is 0 Å². The van der Waals surface area contributed by atoms with Crippen LogP contribution in [0.2, 0.25) is 0 Å². The first kappa shape index (κ1) is 17.5. The van der Waals surface area contributed by atoms with Crippen molar-refractivity contribution < 1.29 is 4.79 Å². The Labute approximate surface area is 170 Å². The molecule has 0 aliphatic heterocycles. The molecule has 0 bridgehead atoms. The second-order valence-electron chi connectivity index (χ2n) is 5.92. The normalized spacial score (nSPS) is 10.7. The highest BCUT2D eigenvalue weighted by Crippen LogP contribution is 2.17. The van der Waals surface area contributed by atoms with E-state index in [9.17, 15) is 4.79 Å². The van der Waals surface area contributed by atoms with E-state index in [-0.39, 0.29) is 5.91 Å². The number of hydrogen-bond acceptors (Lipinski definition) is 3. The maximum atomic E-state index is 12.7. The smallest absolute Gasteiger partial charge is 0.273 e. The monoisotopic (exact) mass is 469 g/mol. The number of benzene rings is 1. The summed E-state index contributed by atoms with van der Waals surface area (Å²) in [5, 5.41) is 7.27. The summed E-state index contributed by atoms with van der Waals surface area (Å²) in [6, 6.07) is 19.2. The quantitative estimate of drug-likeness (QED) is 0.450. The van der Waals surface area contributed by atoms with E-state index in [0.29, 0.717) is 18.1 Å². The van der Waals surface area contributed by atoms with Crippen molar-refractivity contribution in [1.29, 1.82) is 0 Å². The molecule has 1 aromatic carbocycles. The number of carbonyl (C=O) groups is 1. The Morgan fingerprint density at radius 3 is 2.78 bits per heavy atom. The summed E-state index contributed by atoms with van der Waals surface area (Å²) >= 11 is 2.26. The predicted octanol–water partition coefficient (Wildman–Crippen LogP) is 3.97. The Bertz CT molecular complexity index is 1070. The number of pyridine rings is 1. The minimum atomic E-state index is -0.207. The molecular formula is C20H16IN5O. The van der Waals surface area contributed by atoms with Gasteiger partial charge in [-0.05, 0) is 65.1 Å². The lowest BCUT2D eigenvalue weighted by Gasteiger charge is -2.09. The summed E-state index contributed by atoms with van der Waals surface area (Å²) < 4.78 is 4.72. The van der Waals surface area contributed by atoms with Gasteiger partial charge in [-0.3, -0.25) is 14.5 Å². The van der Waals surface area contributed by atoms with Crippen LogP contribution in [0.3, 0.4) is 0 Å². The first-order chi connectivity index (χ1) is 13.2. The maximum Gasteiger partial charge on any atom is 0.273 e. The molecule has 4 rings (SSSR count). The van der Waals surface area contributed by atoms with E-state index in [1.54, 1.807) is 23.0 Å². The summed E-state index contributed by atoms with van der Waals surface area (Å²) in [5.41, 5.74) is 2.40. The second kappa shape index (κ2) is 7.75. The zero-order chi connectivity index (χ0) is 18.6. The lowest BCUT2D eigenvalue weighted by Crippen LogP contribution is -2.16. The van der Waals surface area contributed by atoms with Crippen molar-refractivity contribution >= 4 is 34.3 Å². The lowest BCUT2D eigenvalue weighted by atomic mass is 10.3. The Morgan fingerprint density at radius 2 is 1.96 bits per heavy atom. The second-order valence-corrected chi connectivity index (χ2v) is 7.16. The van der Waals surface area contributed by atoms with E-state index in [0.717, 1.165) is 15.0 Å². The molecule has 4 aromatic rings. The molecule has 6 nitrogen and oxygen atoms in total. The first-order valence-corrected chi connectivity index (χ1v) is 9.45. The van der Waals surface area contributed by atoms with Crippen LogP contribution in [0.5, 0.6) is 0 Å². The van der Waals surface area contributed by atoms with Crippen LogP contribution in [-0.2, 0) is 6.54 Å². The molecular weight excluding hydrogens is 453 g/mol. The third-order valence-electron chi connectivity index (χ3n) is 4.00. The van der Waals surface area contributed by atoms with E-state index in [1.807, 2.05) is 65.5 Å². The predicted molar refractivity (Wildman–Crippen MR) is 112 cm³/mol. The van der Waals surface area contributed by atoms with Gasteiger partial charge in [0.2, 0.25) is 0 Å². The molecule has 7 heteroatoms. The van der Waals surface area contributed by atoms with Crippen molar-refractivity contribution in [2.75, 3.05) is 5.32 Å². The highest BCUT2D eigenvalue weighted by Gasteiger charge is 2.14. The van der Waals surface area contributed by atoms with Crippen LogP contribution in [-0.4, -0.2) is 25.2 Å². The molecule has 0 atom stereocenters. The van der Waals surface area contributed by atoms with Crippen molar-refractivity contribution in [3.8, 4) is 5.69 Å². The number of nitrogens with one attached hydrogen (secondary N) is 1. The molecule has 0 spiro atoms. The van der Waals surface area contributed by atoms with Crippen molar-refractivity contribution in [3.63, 3.8) is 0 Å². The van der Waals surface area contributed by atoms with Crippen molar-refractivity contribution in [2.45, 2.75) is 6.54 Å². The molecule has 3 heterocycles. The van der Waals surface area contributed by atoms with Gasteiger partial charge in [0.1, 0.15) is 5.69 Å². The topological polar surface area (TPSA) is 64.7 Å². The van der Waals surface area contributed by atoms with Crippen LogP contribution in [0.15, 0.2) is 79.3 Å². The minimum absolute atomic E-state index is 0.207. The third-order valence-corrected chi connectivity index (χ3v) is 4.67. The Morgan fingerprint density at radius 1 is 1.04 bits per heavy atom. The molecule has 0 unspecified atom stereocenters. The van der Waals surface area contributed by atoms with Crippen molar-refractivity contribution in [3.05, 3.63) is 94.2 Å². The number of nitrogens with zero attached hydrogens (tertiary/aromatic N) is 4. The molecule has 0 aliphatic carbocycles. The van der Waals surface area contributed by atoms with Gasteiger partial charge >= 0.3 is 0 Å². The van der Waals surface area contributed by atoms with Gasteiger partial charge in [0, 0.05) is 33.9 Å². The van der Waals surface area contributed by atoms with Gasteiger partial charge in [-0.15, -0.1) is 0 Å². The number of amides is 1. The average molecular weight is 469 g/mol. The number of rotatable bonds is 5. The van der Waals surface area contributed by atoms with Crippen LogP contribution in [0.25, 0.3) is 5.69 Å². The molecule has 0 saturated carbocycles. The number of carbonyl (C=O) groups excluding carboxylic acids is 1. The Kier molecular flexibility index (Phi) is 5.01. The highest BCUT2D eigenvalue weighted by atomic mass is 127. The van der Waals surface area contributed by atoms with E-state index in [1.165, 1.54) is 0 Å². The highest BCUT2D eigenvalue weighted by molar-refractivity contribution is 14.1. The fourth-order valence-electron chi connectivity index (χ4n) is 2.77. The molecule has 134 valence electrons. The number of aromatic nitrogens is 4. The van der Waals surface area contributed by atoms with Crippen LogP contribution in [0, 0.1) is 3.57 Å². The Balaban J connectivity index is 1.50. The van der Waals surface area contributed by atoms with E-state index in [2.05, 4.69) is 38.0 Å². The third kappa shape index (κ3) is 4.08. The molecule has 27 heavy (non-hydrogen) atoms. The van der Waals surface area contributed by atoms with Gasteiger partial charge in [0.15, 0.2) is 5.82 Å². The lowest BCUT2D eigenvalue weighted by molar-refractivity contribution is 0.102.